The van der Waals surface area contributed by atoms with Gasteiger partial charge in [0.1, 0.15) is 5.75 Å². The van der Waals surface area contributed by atoms with Crippen molar-refractivity contribution in [2.75, 3.05) is 16.6 Å². The van der Waals surface area contributed by atoms with Crippen molar-refractivity contribution in [1.29, 1.82) is 0 Å². The van der Waals surface area contributed by atoms with Gasteiger partial charge in [0, 0.05) is 16.6 Å². The SMILES string of the molecule is CCOc1ccc(S(=O)(=O)Nc2ccc(Br)cc2)cc1NC(=O)CC. The highest BCUT2D eigenvalue weighted by molar-refractivity contribution is 9.10. The van der Waals surface area contributed by atoms with Gasteiger partial charge in [-0.25, -0.2) is 8.42 Å². The predicted molar refractivity (Wildman–Crippen MR) is 101 cm³/mol. The molecule has 8 heteroatoms. The molecule has 0 spiro atoms. The molecule has 6 nitrogen and oxygen atoms in total. The number of amides is 1. The van der Waals surface area contributed by atoms with Crippen LogP contribution in [0, 0.1) is 0 Å². The van der Waals surface area contributed by atoms with Gasteiger partial charge in [-0.3, -0.25) is 9.52 Å². The summed E-state index contributed by atoms with van der Waals surface area (Å²) < 4.78 is 34.0. The molecule has 0 aliphatic carbocycles. The molecule has 0 aliphatic heterocycles. The minimum atomic E-state index is -3.80. The normalized spacial score (nSPS) is 11.0. The molecule has 2 aromatic rings. The summed E-state index contributed by atoms with van der Waals surface area (Å²) in [6, 6.07) is 11.1. The summed E-state index contributed by atoms with van der Waals surface area (Å²) in [5.41, 5.74) is 0.767. The van der Waals surface area contributed by atoms with E-state index < -0.39 is 10.0 Å². The highest BCUT2D eigenvalue weighted by Gasteiger charge is 2.18. The first-order valence-electron chi connectivity index (χ1n) is 7.70. The number of carbonyl (C=O) groups is 1. The number of sulfonamides is 1. The summed E-state index contributed by atoms with van der Waals surface area (Å²) in [4.78, 5) is 11.7. The van der Waals surface area contributed by atoms with Gasteiger partial charge in [0.15, 0.2) is 0 Å². The molecule has 134 valence electrons. The van der Waals surface area contributed by atoms with Crippen LogP contribution in [0.25, 0.3) is 0 Å². The largest absolute Gasteiger partial charge is 0.492 e. The molecule has 0 heterocycles. The fourth-order valence-electron chi connectivity index (χ4n) is 2.03. The average Bonchev–Trinajstić information content (AvgIpc) is 2.58. The first-order chi connectivity index (χ1) is 11.9. The maximum atomic E-state index is 12.6. The summed E-state index contributed by atoms with van der Waals surface area (Å²) in [5, 5.41) is 2.67. The fourth-order valence-corrected chi connectivity index (χ4v) is 3.37. The topological polar surface area (TPSA) is 84.5 Å². The van der Waals surface area contributed by atoms with Crippen molar-refractivity contribution in [3.63, 3.8) is 0 Å². The Bertz CT molecular complexity index is 851. The smallest absolute Gasteiger partial charge is 0.261 e. The van der Waals surface area contributed by atoms with Crippen LogP contribution in [0.15, 0.2) is 51.8 Å². The Hall–Kier alpha value is -2.06. The highest BCUT2D eigenvalue weighted by Crippen LogP contribution is 2.29. The van der Waals surface area contributed by atoms with Gasteiger partial charge in [0.05, 0.1) is 17.2 Å². The molecule has 0 saturated carbocycles. The molecule has 0 bridgehead atoms. The molecule has 0 aliphatic rings. The van der Waals surface area contributed by atoms with Gasteiger partial charge in [-0.2, -0.15) is 0 Å². The van der Waals surface area contributed by atoms with Gasteiger partial charge in [-0.05, 0) is 49.4 Å². The van der Waals surface area contributed by atoms with Crippen molar-refractivity contribution in [3.8, 4) is 5.75 Å². The first kappa shape index (κ1) is 19.3. The quantitative estimate of drug-likeness (QED) is 0.700. The molecule has 2 N–H and O–H groups in total. The summed E-state index contributed by atoms with van der Waals surface area (Å²) in [5.74, 6) is 0.197. The third-order valence-corrected chi connectivity index (χ3v) is 5.16. The maximum Gasteiger partial charge on any atom is 0.261 e. The third kappa shape index (κ3) is 5.20. The summed E-state index contributed by atoms with van der Waals surface area (Å²) in [6.07, 6.45) is 0.277. The minimum absolute atomic E-state index is 0.0327. The number of benzene rings is 2. The second-order valence-electron chi connectivity index (χ2n) is 5.11. The summed E-state index contributed by atoms with van der Waals surface area (Å²) >= 11 is 3.30. The Morgan fingerprint density at radius 1 is 1.12 bits per heavy atom. The van der Waals surface area contributed by atoms with Crippen LogP contribution < -0.4 is 14.8 Å². The van der Waals surface area contributed by atoms with E-state index in [-0.39, 0.29) is 17.2 Å². The molecule has 0 fully saturated rings. The van der Waals surface area contributed by atoms with Crippen LogP contribution in [0.1, 0.15) is 20.3 Å². The predicted octanol–water partition coefficient (Wildman–Crippen LogP) is 4.00. The third-order valence-electron chi connectivity index (χ3n) is 3.25. The van der Waals surface area contributed by atoms with Gasteiger partial charge < -0.3 is 10.1 Å². The van der Waals surface area contributed by atoms with Crippen LogP contribution in [-0.2, 0) is 14.8 Å². The first-order valence-corrected chi connectivity index (χ1v) is 9.98. The number of carbonyl (C=O) groups excluding carboxylic acids is 1. The zero-order valence-electron chi connectivity index (χ0n) is 13.9. The van der Waals surface area contributed by atoms with Crippen LogP contribution in [-0.4, -0.2) is 20.9 Å². The lowest BCUT2D eigenvalue weighted by Crippen LogP contribution is -2.15. The zero-order chi connectivity index (χ0) is 18.4. The van der Waals surface area contributed by atoms with E-state index in [9.17, 15) is 13.2 Å². The Balaban J connectivity index is 2.34. The number of hydrogen-bond donors (Lipinski definition) is 2. The number of rotatable bonds is 7. The van der Waals surface area contributed by atoms with E-state index in [4.69, 9.17) is 4.74 Å². The lowest BCUT2D eigenvalue weighted by Gasteiger charge is -2.14. The zero-order valence-corrected chi connectivity index (χ0v) is 16.3. The number of ether oxygens (including phenoxy) is 1. The molecule has 0 aromatic heterocycles. The Labute approximate surface area is 155 Å². The lowest BCUT2D eigenvalue weighted by molar-refractivity contribution is -0.115. The summed E-state index contributed by atoms with van der Waals surface area (Å²) in [7, 11) is -3.80. The van der Waals surface area contributed by atoms with Gasteiger partial charge >= 0.3 is 0 Å². The van der Waals surface area contributed by atoms with E-state index in [0.717, 1.165) is 4.47 Å². The van der Waals surface area contributed by atoms with Crippen molar-refractivity contribution < 1.29 is 17.9 Å². The average molecular weight is 427 g/mol. The van der Waals surface area contributed by atoms with E-state index in [0.29, 0.717) is 23.7 Å². The molecular weight excluding hydrogens is 408 g/mol. The molecular formula is C17H19BrN2O4S. The second kappa shape index (κ2) is 8.35. The number of nitrogens with one attached hydrogen (secondary N) is 2. The molecule has 2 rings (SSSR count). The molecule has 1 amide bonds. The fraction of sp³-hybridized carbons (Fsp3) is 0.235. The van der Waals surface area contributed by atoms with Crippen LogP contribution >= 0.6 is 15.9 Å². The van der Waals surface area contributed by atoms with Crippen molar-refractivity contribution in [2.24, 2.45) is 0 Å². The minimum Gasteiger partial charge on any atom is -0.492 e. The Kier molecular flexibility index (Phi) is 6.44. The van der Waals surface area contributed by atoms with E-state index in [1.54, 1.807) is 31.2 Å². The number of halogens is 1. The molecule has 0 saturated heterocycles. The van der Waals surface area contributed by atoms with Crippen molar-refractivity contribution in [1.82, 2.24) is 0 Å². The van der Waals surface area contributed by atoms with Gasteiger partial charge in [0.2, 0.25) is 5.91 Å². The molecule has 0 unspecified atom stereocenters. The van der Waals surface area contributed by atoms with Crippen LogP contribution in [0.5, 0.6) is 5.75 Å². The molecule has 0 atom stereocenters. The number of hydrogen-bond acceptors (Lipinski definition) is 4. The van der Waals surface area contributed by atoms with E-state index in [2.05, 4.69) is 26.0 Å². The van der Waals surface area contributed by atoms with Gasteiger partial charge in [0.25, 0.3) is 10.0 Å². The van der Waals surface area contributed by atoms with Crippen LogP contribution in [0.2, 0.25) is 0 Å². The molecule has 25 heavy (non-hydrogen) atoms. The monoisotopic (exact) mass is 426 g/mol. The molecule has 2 aromatic carbocycles. The molecule has 0 radical (unpaired) electrons. The van der Waals surface area contributed by atoms with E-state index >= 15 is 0 Å². The standard InChI is InChI=1S/C17H19BrN2O4S/c1-3-17(21)19-15-11-14(9-10-16(15)24-4-2)25(22,23)20-13-7-5-12(18)6-8-13/h5-11,20H,3-4H2,1-2H3,(H,19,21). The van der Waals surface area contributed by atoms with Gasteiger partial charge in [-0.15, -0.1) is 0 Å². The van der Waals surface area contributed by atoms with Crippen molar-refractivity contribution in [2.45, 2.75) is 25.2 Å². The van der Waals surface area contributed by atoms with Crippen LogP contribution in [0.3, 0.4) is 0 Å². The van der Waals surface area contributed by atoms with Gasteiger partial charge in [-0.1, -0.05) is 22.9 Å². The van der Waals surface area contributed by atoms with Crippen molar-refractivity contribution >= 4 is 43.2 Å². The Morgan fingerprint density at radius 2 is 1.80 bits per heavy atom. The second-order valence-corrected chi connectivity index (χ2v) is 7.70. The van der Waals surface area contributed by atoms with E-state index in [1.165, 1.54) is 18.2 Å². The number of anilines is 2. The maximum absolute atomic E-state index is 12.6. The van der Waals surface area contributed by atoms with Crippen molar-refractivity contribution in [3.05, 3.63) is 46.9 Å². The Morgan fingerprint density at radius 3 is 2.40 bits per heavy atom. The summed E-state index contributed by atoms with van der Waals surface area (Å²) in [6.45, 7) is 3.93. The lowest BCUT2D eigenvalue weighted by atomic mass is 10.3. The highest BCUT2D eigenvalue weighted by atomic mass is 79.9. The van der Waals surface area contributed by atoms with E-state index in [1.807, 2.05) is 6.92 Å². The van der Waals surface area contributed by atoms with Crippen LogP contribution in [0.4, 0.5) is 11.4 Å².